The number of methoxy groups -OCH3 is 2. The standard InChI is InChI=1S/C22H20Cl2FNO3/c1-27-20-9-7-15(11-18(20)24)26-12-14-6-8-21(22(10-14)28-2)29-13-16-17(23)4-3-5-19(16)25/h3-11,26H,12-13H2,1-2H3. The molecule has 0 aliphatic carbocycles. The van der Waals surface area contributed by atoms with Gasteiger partial charge in [0.25, 0.3) is 0 Å². The lowest BCUT2D eigenvalue weighted by molar-refractivity contribution is 0.279. The van der Waals surface area contributed by atoms with Crippen LogP contribution in [0.5, 0.6) is 17.2 Å². The van der Waals surface area contributed by atoms with E-state index in [4.69, 9.17) is 37.4 Å². The second-order valence-corrected chi connectivity index (χ2v) is 6.99. The lowest BCUT2D eigenvalue weighted by Gasteiger charge is -2.14. The van der Waals surface area contributed by atoms with Crippen molar-refractivity contribution in [2.45, 2.75) is 13.2 Å². The molecule has 152 valence electrons. The van der Waals surface area contributed by atoms with E-state index in [1.807, 2.05) is 18.2 Å². The fourth-order valence-corrected chi connectivity index (χ4v) is 3.22. The van der Waals surface area contributed by atoms with Gasteiger partial charge in [-0.05, 0) is 48.0 Å². The summed E-state index contributed by atoms with van der Waals surface area (Å²) in [4.78, 5) is 0. The number of nitrogens with one attached hydrogen (secondary N) is 1. The molecular formula is C22H20Cl2FNO3. The largest absolute Gasteiger partial charge is 0.495 e. The van der Waals surface area contributed by atoms with E-state index < -0.39 is 5.82 Å². The summed E-state index contributed by atoms with van der Waals surface area (Å²) < 4.78 is 30.2. The molecule has 7 heteroatoms. The summed E-state index contributed by atoms with van der Waals surface area (Å²) in [6, 6.07) is 15.6. The molecule has 0 unspecified atom stereocenters. The van der Waals surface area contributed by atoms with Crippen molar-refractivity contribution < 1.29 is 18.6 Å². The number of ether oxygens (including phenoxy) is 3. The van der Waals surface area contributed by atoms with Crippen LogP contribution in [0.15, 0.2) is 54.6 Å². The van der Waals surface area contributed by atoms with Crippen LogP contribution < -0.4 is 19.5 Å². The lowest BCUT2D eigenvalue weighted by Crippen LogP contribution is -2.03. The van der Waals surface area contributed by atoms with Gasteiger partial charge in [0.05, 0.1) is 24.3 Å². The molecule has 0 fully saturated rings. The second kappa shape index (κ2) is 9.72. The minimum atomic E-state index is -0.407. The number of rotatable bonds is 8. The summed E-state index contributed by atoms with van der Waals surface area (Å²) in [5, 5.41) is 4.15. The zero-order chi connectivity index (χ0) is 20.8. The van der Waals surface area contributed by atoms with E-state index in [-0.39, 0.29) is 6.61 Å². The number of benzene rings is 3. The molecule has 0 heterocycles. The molecule has 29 heavy (non-hydrogen) atoms. The number of hydrogen-bond acceptors (Lipinski definition) is 4. The van der Waals surface area contributed by atoms with Crippen LogP contribution >= 0.6 is 23.2 Å². The number of halogens is 3. The van der Waals surface area contributed by atoms with E-state index in [1.165, 1.54) is 6.07 Å². The molecule has 0 aliphatic rings. The molecule has 3 aromatic rings. The highest BCUT2D eigenvalue weighted by Gasteiger charge is 2.11. The Kier molecular flexibility index (Phi) is 7.07. The predicted octanol–water partition coefficient (Wildman–Crippen LogP) is 6.34. The van der Waals surface area contributed by atoms with Gasteiger partial charge in [0.1, 0.15) is 18.2 Å². The van der Waals surface area contributed by atoms with Crippen molar-refractivity contribution in [2.75, 3.05) is 19.5 Å². The first-order valence-electron chi connectivity index (χ1n) is 8.82. The molecule has 0 aromatic heterocycles. The highest BCUT2D eigenvalue weighted by molar-refractivity contribution is 6.32. The van der Waals surface area contributed by atoms with E-state index in [2.05, 4.69) is 5.32 Å². The monoisotopic (exact) mass is 435 g/mol. The summed E-state index contributed by atoms with van der Waals surface area (Å²) in [5.74, 6) is 1.26. The minimum Gasteiger partial charge on any atom is -0.495 e. The Balaban J connectivity index is 1.67. The van der Waals surface area contributed by atoms with Gasteiger partial charge in [-0.3, -0.25) is 0 Å². The molecule has 3 rings (SSSR count). The van der Waals surface area contributed by atoms with Crippen molar-refractivity contribution in [2.24, 2.45) is 0 Å². The lowest BCUT2D eigenvalue weighted by atomic mass is 10.2. The van der Waals surface area contributed by atoms with E-state index in [9.17, 15) is 4.39 Å². The highest BCUT2D eigenvalue weighted by atomic mass is 35.5. The maximum Gasteiger partial charge on any atom is 0.161 e. The van der Waals surface area contributed by atoms with Gasteiger partial charge in [-0.25, -0.2) is 4.39 Å². The number of anilines is 1. The van der Waals surface area contributed by atoms with E-state index in [0.717, 1.165) is 11.3 Å². The quantitative estimate of drug-likeness (QED) is 0.447. The third-order valence-electron chi connectivity index (χ3n) is 4.31. The number of hydrogen-bond donors (Lipinski definition) is 1. The molecule has 0 saturated heterocycles. The van der Waals surface area contributed by atoms with Crippen LogP contribution in [-0.4, -0.2) is 14.2 Å². The normalized spacial score (nSPS) is 10.5. The first-order valence-corrected chi connectivity index (χ1v) is 9.57. The van der Waals surface area contributed by atoms with Crippen molar-refractivity contribution in [3.05, 3.63) is 81.6 Å². The summed E-state index contributed by atoms with van der Waals surface area (Å²) >= 11 is 12.2. The molecular weight excluding hydrogens is 416 g/mol. The third-order valence-corrected chi connectivity index (χ3v) is 4.96. The van der Waals surface area contributed by atoms with Crippen molar-refractivity contribution in [1.29, 1.82) is 0 Å². The molecule has 0 radical (unpaired) electrons. The molecule has 4 nitrogen and oxygen atoms in total. The smallest absolute Gasteiger partial charge is 0.161 e. The van der Waals surface area contributed by atoms with Crippen LogP contribution in [0, 0.1) is 5.82 Å². The van der Waals surface area contributed by atoms with Gasteiger partial charge >= 0.3 is 0 Å². The van der Waals surface area contributed by atoms with Crippen molar-refractivity contribution in [1.82, 2.24) is 0 Å². The van der Waals surface area contributed by atoms with Crippen molar-refractivity contribution in [3.63, 3.8) is 0 Å². The fraction of sp³-hybridized carbons (Fsp3) is 0.182. The molecule has 0 bridgehead atoms. The Morgan fingerprint density at radius 3 is 2.31 bits per heavy atom. The van der Waals surface area contributed by atoms with Crippen LogP contribution in [0.4, 0.5) is 10.1 Å². The summed E-state index contributed by atoms with van der Waals surface area (Å²) in [5.41, 5.74) is 2.15. The molecule has 0 atom stereocenters. The van der Waals surface area contributed by atoms with E-state index in [0.29, 0.717) is 39.4 Å². The predicted molar refractivity (Wildman–Crippen MR) is 114 cm³/mol. The van der Waals surface area contributed by atoms with Gasteiger partial charge in [-0.15, -0.1) is 0 Å². The average molecular weight is 436 g/mol. The Morgan fingerprint density at radius 1 is 0.862 bits per heavy atom. The first-order chi connectivity index (χ1) is 14.0. The first kappa shape index (κ1) is 21.1. The minimum absolute atomic E-state index is 0.00378. The SMILES string of the molecule is COc1ccc(NCc2ccc(OCc3c(F)cccc3Cl)c(OC)c2)cc1Cl. The van der Waals surface area contributed by atoms with E-state index in [1.54, 1.807) is 44.6 Å². The maximum atomic E-state index is 13.9. The molecule has 0 saturated carbocycles. The molecule has 0 amide bonds. The molecule has 0 aliphatic heterocycles. The van der Waals surface area contributed by atoms with Crippen LogP contribution in [0.1, 0.15) is 11.1 Å². The summed E-state index contributed by atoms with van der Waals surface area (Å²) in [7, 11) is 3.13. The Labute approximate surface area is 179 Å². The third kappa shape index (κ3) is 5.25. The molecule has 0 spiro atoms. The van der Waals surface area contributed by atoms with Crippen LogP contribution in [0.2, 0.25) is 10.0 Å². The van der Waals surface area contributed by atoms with Crippen molar-refractivity contribution >= 4 is 28.9 Å². The van der Waals surface area contributed by atoms with Gasteiger partial charge in [0, 0.05) is 17.8 Å². The van der Waals surface area contributed by atoms with Crippen LogP contribution in [0.3, 0.4) is 0 Å². The van der Waals surface area contributed by atoms with Crippen LogP contribution in [-0.2, 0) is 13.2 Å². The zero-order valence-electron chi connectivity index (χ0n) is 16.0. The van der Waals surface area contributed by atoms with Gasteiger partial charge in [-0.2, -0.15) is 0 Å². The van der Waals surface area contributed by atoms with Crippen LogP contribution in [0.25, 0.3) is 0 Å². The Bertz CT molecular complexity index is 978. The Morgan fingerprint density at radius 2 is 1.62 bits per heavy atom. The Hall–Kier alpha value is -2.63. The fourth-order valence-electron chi connectivity index (χ4n) is 2.74. The van der Waals surface area contributed by atoms with Gasteiger partial charge in [0.15, 0.2) is 11.5 Å². The maximum absolute atomic E-state index is 13.9. The van der Waals surface area contributed by atoms with E-state index >= 15 is 0 Å². The summed E-state index contributed by atoms with van der Waals surface area (Å²) in [6.45, 7) is 0.558. The highest BCUT2D eigenvalue weighted by Crippen LogP contribution is 2.31. The summed E-state index contributed by atoms with van der Waals surface area (Å²) in [6.07, 6.45) is 0. The van der Waals surface area contributed by atoms with Gasteiger partial charge < -0.3 is 19.5 Å². The zero-order valence-corrected chi connectivity index (χ0v) is 17.5. The topological polar surface area (TPSA) is 39.7 Å². The second-order valence-electron chi connectivity index (χ2n) is 6.18. The van der Waals surface area contributed by atoms with Gasteiger partial charge in [0.2, 0.25) is 0 Å². The van der Waals surface area contributed by atoms with Crippen molar-refractivity contribution in [3.8, 4) is 17.2 Å². The van der Waals surface area contributed by atoms with Gasteiger partial charge in [-0.1, -0.05) is 35.3 Å². The molecule has 1 N–H and O–H groups in total. The average Bonchev–Trinajstić information content (AvgIpc) is 2.72. The molecule has 3 aromatic carbocycles.